The minimum absolute atomic E-state index is 0.0113. The van der Waals surface area contributed by atoms with Crippen LogP contribution in [-0.4, -0.2) is 15.9 Å². The van der Waals surface area contributed by atoms with Crippen molar-refractivity contribution in [2.45, 2.75) is 38.0 Å². The van der Waals surface area contributed by atoms with E-state index >= 15 is 0 Å². The molecule has 146 valence electrons. The summed E-state index contributed by atoms with van der Waals surface area (Å²) in [5.74, 6) is 0.107. The van der Waals surface area contributed by atoms with Gasteiger partial charge in [0.1, 0.15) is 23.3 Å². The minimum Gasteiger partial charge on any atom is -0.425 e. The maximum absolute atomic E-state index is 13.7. The summed E-state index contributed by atoms with van der Waals surface area (Å²) < 4.78 is 6.00. The van der Waals surface area contributed by atoms with Gasteiger partial charge in [0, 0.05) is 11.3 Å². The molecule has 2 aromatic carbocycles. The van der Waals surface area contributed by atoms with Crippen molar-refractivity contribution in [2.24, 2.45) is 5.41 Å². The van der Waals surface area contributed by atoms with Gasteiger partial charge < -0.3 is 4.74 Å². The second-order valence-electron chi connectivity index (χ2n) is 8.46. The average Bonchev–Trinajstić information content (AvgIpc) is 3.14. The van der Waals surface area contributed by atoms with Crippen molar-refractivity contribution in [3.05, 3.63) is 65.2 Å². The fourth-order valence-electron chi connectivity index (χ4n) is 5.34. The zero-order chi connectivity index (χ0) is 21.1. The van der Waals surface area contributed by atoms with Gasteiger partial charge in [-0.3, -0.25) is 4.79 Å². The second-order valence-corrected chi connectivity index (χ2v) is 8.46. The maximum atomic E-state index is 13.7. The number of benzene rings is 2. The van der Waals surface area contributed by atoms with Crippen molar-refractivity contribution < 1.29 is 9.53 Å². The van der Waals surface area contributed by atoms with Gasteiger partial charge in [0.05, 0.1) is 11.4 Å². The lowest BCUT2D eigenvalue weighted by Gasteiger charge is -2.35. The lowest BCUT2D eigenvalue weighted by molar-refractivity contribution is -0.144. The second kappa shape index (κ2) is 6.11. The van der Waals surface area contributed by atoms with E-state index in [0.717, 1.165) is 17.2 Å². The molecule has 2 unspecified atom stereocenters. The maximum Gasteiger partial charge on any atom is 0.324 e. The molecule has 3 aromatic rings. The molecule has 5 rings (SSSR count). The highest BCUT2D eigenvalue weighted by Gasteiger charge is 2.69. The van der Waals surface area contributed by atoms with Gasteiger partial charge in [-0.05, 0) is 29.7 Å². The van der Waals surface area contributed by atoms with E-state index < -0.39 is 10.8 Å². The fourth-order valence-corrected chi connectivity index (χ4v) is 5.34. The Morgan fingerprint density at radius 3 is 2.53 bits per heavy atom. The van der Waals surface area contributed by atoms with Gasteiger partial charge in [0.2, 0.25) is 0 Å². The Hall–Kier alpha value is -3.77. The number of ether oxygens (including phenoxy) is 1. The molecule has 2 bridgehead atoms. The standard InChI is InChI=1S/C24H18N4O2/c1-23(2)16-10-11-24(23,21-20(16)27-17(12-25)18(13-26)28-21)22(29)30-19-9-5-7-14-6-3-4-8-15(14)19/h3-9,16H,10-11H2,1-2H3. The Balaban J connectivity index is 1.66. The SMILES string of the molecule is CC1(C)C2CCC1(C(=O)Oc1cccc3ccccc13)c1nc(C#N)c(C#N)nc12. The van der Waals surface area contributed by atoms with Crippen LogP contribution in [0.15, 0.2) is 42.5 Å². The normalized spacial score (nSPS) is 22.9. The molecule has 6 nitrogen and oxygen atoms in total. The molecule has 0 radical (unpaired) electrons. The number of fused-ring (bicyclic) bond motifs is 6. The van der Waals surface area contributed by atoms with Crippen molar-refractivity contribution in [3.8, 4) is 17.9 Å². The first-order chi connectivity index (χ1) is 14.4. The summed E-state index contributed by atoms with van der Waals surface area (Å²) >= 11 is 0. The molecule has 2 aliphatic carbocycles. The number of nitriles is 2. The molecule has 30 heavy (non-hydrogen) atoms. The van der Waals surface area contributed by atoms with Gasteiger partial charge in [-0.15, -0.1) is 0 Å². The first-order valence-electron chi connectivity index (χ1n) is 9.86. The van der Waals surface area contributed by atoms with Crippen LogP contribution in [0.2, 0.25) is 0 Å². The van der Waals surface area contributed by atoms with Crippen LogP contribution in [0.4, 0.5) is 0 Å². The van der Waals surface area contributed by atoms with Crippen molar-refractivity contribution >= 4 is 16.7 Å². The van der Waals surface area contributed by atoms with E-state index in [0.29, 0.717) is 23.6 Å². The van der Waals surface area contributed by atoms with Crippen LogP contribution >= 0.6 is 0 Å². The first kappa shape index (κ1) is 18.3. The highest BCUT2D eigenvalue weighted by molar-refractivity contribution is 5.94. The summed E-state index contributed by atoms with van der Waals surface area (Å²) in [6, 6.07) is 17.3. The molecule has 1 saturated carbocycles. The number of aromatic nitrogens is 2. The van der Waals surface area contributed by atoms with Gasteiger partial charge >= 0.3 is 5.97 Å². The summed E-state index contributed by atoms with van der Waals surface area (Å²) in [7, 11) is 0. The van der Waals surface area contributed by atoms with E-state index in [1.54, 1.807) is 6.07 Å². The Labute approximate surface area is 173 Å². The number of hydrogen-bond acceptors (Lipinski definition) is 6. The first-order valence-corrected chi connectivity index (χ1v) is 9.86. The average molecular weight is 394 g/mol. The molecular weight excluding hydrogens is 376 g/mol. The summed E-state index contributed by atoms with van der Waals surface area (Å²) in [5.41, 5.74) is -0.385. The summed E-state index contributed by atoms with van der Waals surface area (Å²) in [5, 5.41) is 20.6. The number of carbonyl (C=O) groups is 1. The zero-order valence-electron chi connectivity index (χ0n) is 16.6. The monoisotopic (exact) mass is 394 g/mol. The number of rotatable bonds is 2. The fraction of sp³-hybridized carbons (Fsp3) is 0.292. The molecule has 6 heteroatoms. The Morgan fingerprint density at radius 2 is 1.77 bits per heavy atom. The molecule has 1 heterocycles. The Morgan fingerprint density at radius 1 is 1.07 bits per heavy atom. The quantitative estimate of drug-likeness (QED) is 0.478. The predicted octanol–water partition coefficient (Wildman–Crippen LogP) is 4.13. The van der Waals surface area contributed by atoms with Crippen LogP contribution in [0.25, 0.3) is 10.8 Å². The molecule has 1 fully saturated rings. The van der Waals surface area contributed by atoms with Gasteiger partial charge in [-0.25, -0.2) is 9.97 Å². The topological polar surface area (TPSA) is 99.7 Å². The smallest absolute Gasteiger partial charge is 0.324 e. The third-order valence-electron chi connectivity index (χ3n) is 6.95. The highest BCUT2D eigenvalue weighted by atomic mass is 16.5. The number of hydrogen-bond donors (Lipinski definition) is 0. The van der Waals surface area contributed by atoms with Gasteiger partial charge in [-0.2, -0.15) is 10.5 Å². The lowest BCUT2D eigenvalue weighted by Crippen LogP contribution is -2.46. The highest BCUT2D eigenvalue weighted by Crippen LogP contribution is 2.67. The van der Waals surface area contributed by atoms with E-state index in [9.17, 15) is 15.3 Å². The largest absolute Gasteiger partial charge is 0.425 e. The van der Waals surface area contributed by atoms with E-state index in [1.807, 2.05) is 62.4 Å². The molecular formula is C24H18N4O2. The van der Waals surface area contributed by atoms with Crippen molar-refractivity contribution in [2.75, 3.05) is 0 Å². The molecule has 2 aliphatic rings. The van der Waals surface area contributed by atoms with Gasteiger partial charge in [0.15, 0.2) is 11.4 Å². The molecule has 0 N–H and O–H groups in total. The molecule has 1 aromatic heterocycles. The third kappa shape index (κ3) is 2.14. The van der Waals surface area contributed by atoms with Crippen molar-refractivity contribution in [3.63, 3.8) is 0 Å². The van der Waals surface area contributed by atoms with Crippen LogP contribution in [-0.2, 0) is 10.2 Å². The lowest BCUT2D eigenvalue weighted by atomic mass is 9.68. The van der Waals surface area contributed by atoms with Crippen molar-refractivity contribution in [1.82, 2.24) is 9.97 Å². The van der Waals surface area contributed by atoms with Gasteiger partial charge in [-0.1, -0.05) is 50.2 Å². The predicted molar refractivity (Wildman–Crippen MR) is 108 cm³/mol. The van der Waals surface area contributed by atoms with Crippen LogP contribution in [0, 0.1) is 28.1 Å². The Bertz CT molecular complexity index is 1310. The summed E-state index contributed by atoms with van der Waals surface area (Å²) in [4.78, 5) is 22.7. The zero-order valence-corrected chi connectivity index (χ0v) is 16.6. The Kier molecular flexibility index (Phi) is 3.72. The third-order valence-corrected chi connectivity index (χ3v) is 6.95. The van der Waals surface area contributed by atoms with E-state index in [-0.39, 0.29) is 23.3 Å². The van der Waals surface area contributed by atoms with Gasteiger partial charge in [0.25, 0.3) is 0 Å². The minimum atomic E-state index is -1.00. The van der Waals surface area contributed by atoms with E-state index in [2.05, 4.69) is 9.97 Å². The van der Waals surface area contributed by atoms with E-state index in [1.165, 1.54) is 0 Å². The molecule has 0 amide bonds. The van der Waals surface area contributed by atoms with Crippen LogP contribution in [0.1, 0.15) is 55.4 Å². The summed E-state index contributed by atoms with van der Waals surface area (Å²) in [6.07, 6.45) is 1.34. The number of esters is 1. The van der Waals surface area contributed by atoms with Crippen LogP contribution in [0.3, 0.4) is 0 Å². The van der Waals surface area contributed by atoms with Crippen molar-refractivity contribution in [1.29, 1.82) is 10.5 Å². The summed E-state index contributed by atoms with van der Waals surface area (Å²) in [6.45, 7) is 4.05. The van der Waals surface area contributed by atoms with Crippen LogP contribution < -0.4 is 4.74 Å². The molecule has 0 aliphatic heterocycles. The molecule has 0 spiro atoms. The molecule has 0 saturated heterocycles. The number of nitrogens with zero attached hydrogens (tertiary/aromatic N) is 4. The number of carbonyl (C=O) groups excluding carboxylic acids is 1. The van der Waals surface area contributed by atoms with E-state index in [4.69, 9.17) is 4.74 Å². The van der Waals surface area contributed by atoms with Crippen LogP contribution in [0.5, 0.6) is 5.75 Å². The molecule has 2 atom stereocenters.